The van der Waals surface area contributed by atoms with E-state index in [0.29, 0.717) is 24.4 Å². The fourth-order valence-electron chi connectivity index (χ4n) is 2.87. The number of piperazine rings is 1. The van der Waals surface area contributed by atoms with Crippen molar-refractivity contribution >= 4 is 5.91 Å². The number of amides is 1. The van der Waals surface area contributed by atoms with Gasteiger partial charge in [-0.3, -0.25) is 9.69 Å². The summed E-state index contributed by atoms with van der Waals surface area (Å²) in [5.74, 6) is 0.441. The molecular weight excluding hydrogens is 268 g/mol. The van der Waals surface area contributed by atoms with Gasteiger partial charge >= 0.3 is 0 Å². The van der Waals surface area contributed by atoms with Crippen LogP contribution < -0.4 is 4.74 Å². The summed E-state index contributed by atoms with van der Waals surface area (Å²) in [5, 5.41) is 10.3. The maximum Gasteiger partial charge on any atom is 0.256 e. The molecule has 1 saturated heterocycles. The average molecular weight is 290 g/mol. The van der Waals surface area contributed by atoms with Crippen molar-refractivity contribution in [1.82, 2.24) is 9.80 Å². The molecule has 1 aromatic carbocycles. The first-order valence-electron chi connectivity index (χ1n) is 7.54. The van der Waals surface area contributed by atoms with E-state index in [-0.39, 0.29) is 5.91 Å². The van der Waals surface area contributed by atoms with E-state index in [0.717, 1.165) is 19.1 Å². The first-order valence-corrected chi connectivity index (χ1v) is 7.54. The minimum Gasteiger partial charge on any atom is -0.497 e. The van der Waals surface area contributed by atoms with Gasteiger partial charge in [-0.25, -0.2) is 0 Å². The summed E-state index contributed by atoms with van der Waals surface area (Å²) in [6.45, 7) is 3.25. The van der Waals surface area contributed by atoms with Gasteiger partial charge in [-0.05, 0) is 30.5 Å². The first-order chi connectivity index (χ1) is 10.2. The van der Waals surface area contributed by atoms with Crippen LogP contribution >= 0.6 is 0 Å². The van der Waals surface area contributed by atoms with Crippen molar-refractivity contribution in [2.45, 2.75) is 25.0 Å². The third-order valence-electron chi connectivity index (χ3n) is 4.33. The number of aliphatic hydroxyl groups excluding tert-OH is 1. The van der Waals surface area contributed by atoms with Gasteiger partial charge in [-0.15, -0.1) is 0 Å². The second kappa shape index (κ2) is 6.03. The van der Waals surface area contributed by atoms with Gasteiger partial charge in [0.2, 0.25) is 0 Å². The number of aliphatic hydroxyl groups is 1. The van der Waals surface area contributed by atoms with Crippen LogP contribution in [0.4, 0.5) is 0 Å². The molecule has 21 heavy (non-hydrogen) atoms. The van der Waals surface area contributed by atoms with Crippen LogP contribution in [0.25, 0.3) is 0 Å². The minimum absolute atomic E-state index is 0.210. The zero-order valence-electron chi connectivity index (χ0n) is 12.4. The lowest BCUT2D eigenvalue weighted by Crippen LogP contribution is -2.50. The molecule has 3 rings (SSSR count). The summed E-state index contributed by atoms with van der Waals surface area (Å²) < 4.78 is 5.13. The molecule has 1 N–H and O–H groups in total. The molecule has 5 heteroatoms. The molecule has 1 saturated carbocycles. The van der Waals surface area contributed by atoms with Crippen LogP contribution in [0.5, 0.6) is 5.75 Å². The van der Waals surface area contributed by atoms with Crippen LogP contribution in [0.3, 0.4) is 0 Å². The number of carbonyl (C=O) groups is 1. The van der Waals surface area contributed by atoms with Crippen molar-refractivity contribution in [1.29, 1.82) is 0 Å². The highest BCUT2D eigenvalue weighted by molar-refractivity contribution is 5.82. The molecule has 2 aliphatic rings. The molecule has 0 bridgehead atoms. The zero-order chi connectivity index (χ0) is 14.8. The van der Waals surface area contributed by atoms with Gasteiger partial charge in [0.1, 0.15) is 5.75 Å². The van der Waals surface area contributed by atoms with Crippen LogP contribution in [-0.2, 0) is 4.79 Å². The maximum absolute atomic E-state index is 12.4. The van der Waals surface area contributed by atoms with E-state index in [1.807, 2.05) is 0 Å². The lowest BCUT2D eigenvalue weighted by Gasteiger charge is -2.35. The topological polar surface area (TPSA) is 53.0 Å². The fraction of sp³-hybridized carbons (Fsp3) is 0.562. The summed E-state index contributed by atoms with van der Waals surface area (Å²) in [6.07, 6.45) is 1.48. The number of carbonyl (C=O) groups excluding carboxylic acids is 1. The number of benzene rings is 1. The highest BCUT2D eigenvalue weighted by atomic mass is 16.5. The Balaban J connectivity index is 1.61. The molecule has 0 spiro atoms. The normalized spacial score (nSPS) is 21.1. The van der Waals surface area contributed by atoms with Crippen LogP contribution in [0.2, 0.25) is 0 Å². The minimum atomic E-state index is -1.10. The van der Waals surface area contributed by atoms with Crippen LogP contribution in [0, 0.1) is 0 Å². The van der Waals surface area contributed by atoms with E-state index in [4.69, 9.17) is 4.74 Å². The molecule has 114 valence electrons. The van der Waals surface area contributed by atoms with Crippen LogP contribution in [0.1, 0.15) is 24.5 Å². The second-order valence-electron chi connectivity index (χ2n) is 5.77. The Hall–Kier alpha value is -1.59. The molecule has 1 aliphatic heterocycles. The van der Waals surface area contributed by atoms with E-state index in [1.165, 1.54) is 12.8 Å². The molecule has 0 aromatic heterocycles. The van der Waals surface area contributed by atoms with Crippen molar-refractivity contribution in [3.05, 3.63) is 29.8 Å². The van der Waals surface area contributed by atoms with Crippen molar-refractivity contribution in [2.75, 3.05) is 33.3 Å². The number of methoxy groups -OCH3 is 1. The van der Waals surface area contributed by atoms with E-state index in [9.17, 15) is 9.90 Å². The summed E-state index contributed by atoms with van der Waals surface area (Å²) >= 11 is 0. The van der Waals surface area contributed by atoms with Gasteiger partial charge in [0.25, 0.3) is 5.91 Å². The van der Waals surface area contributed by atoms with Gasteiger partial charge in [0, 0.05) is 32.2 Å². The molecule has 1 amide bonds. The zero-order valence-corrected chi connectivity index (χ0v) is 12.4. The predicted molar refractivity (Wildman–Crippen MR) is 79.1 cm³/mol. The first kappa shape index (κ1) is 14.4. The maximum atomic E-state index is 12.4. The SMILES string of the molecule is COc1cccc(C(O)C(=O)N2CCN(C3CC3)CC2)c1. The van der Waals surface area contributed by atoms with E-state index in [1.54, 1.807) is 36.3 Å². The van der Waals surface area contributed by atoms with Gasteiger partial charge in [-0.2, -0.15) is 0 Å². The molecule has 0 radical (unpaired) electrons. The van der Waals surface area contributed by atoms with Crippen LogP contribution in [0.15, 0.2) is 24.3 Å². The molecule has 1 unspecified atom stereocenters. The highest BCUT2D eigenvalue weighted by Gasteiger charge is 2.33. The number of hydrogen-bond donors (Lipinski definition) is 1. The molecule has 2 fully saturated rings. The standard InChI is InChI=1S/C16H22N2O3/c1-21-14-4-2-3-12(11-14)15(19)16(20)18-9-7-17(8-10-18)13-5-6-13/h2-4,11,13,15,19H,5-10H2,1H3. The van der Waals surface area contributed by atoms with Gasteiger partial charge < -0.3 is 14.7 Å². The Kier molecular flexibility index (Phi) is 4.12. The highest BCUT2D eigenvalue weighted by Crippen LogP contribution is 2.28. The van der Waals surface area contributed by atoms with E-state index in [2.05, 4.69) is 4.90 Å². The lowest BCUT2D eigenvalue weighted by molar-refractivity contribution is -0.142. The molecule has 1 heterocycles. The quantitative estimate of drug-likeness (QED) is 0.900. The summed E-state index contributed by atoms with van der Waals surface area (Å²) in [5.41, 5.74) is 0.587. The van der Waals surface area contributed by atoms with Gasteiger partial charge in [0.05, 0.1) is 7.11 Å². The van der Waals surface area contributed by atoms with E-state index >= 15 is 0 Å². The Morgan fingerprint density at radius 2 is 2.00 bits per heavy atom. The Morgan fingerprint density at radius 3 is 2.62 bits per heavy atom. The third-order valence-corrected chi connectivity index (χ3v) is 4.33. The molecule has 1 aromatic rings. The average Bonchev–Trinajstić information content (AvgIpc) is 3.38. The van der Waals surface area contributed by atoms with Crippen molar-refractivity contribution in [3.63, 3.8) is 0 Å². The fourth-order valence-corrected chi connectivity index (χ4v) is 2.87. The molecular formula is C16H22N2O3. The van der Waals surface area contributed by atoms with Crippen LogP contribution in [-0.4, -0.2) is 60.1 Å². The molecule has 1 atom stereocenters. The van der Waals surface area contributed by atoms with Gasteiger partial charge in [0.15, 0.2) is 6.10 Å². The second-order valence-corrected chi connectivity index (χ2v) is 5.77. The van der Waals surface area contributed by atoms with Crippen molar-refractivity contribution < 1.29 is 14.6 Å². The Morgan fingerprint density at radius 1 is 1.29 bits per heavy atom. The monoisotopic (exact) mass is 290 g/mol. The number of hydrogen-bond acceptors (Lipinski definition) is 4. The Labute approximate surface area is 125 Å². The van der Waals surface area contributed by atoms with Gasteiger partial charge in [-0.1, -0.05) is 12.1 Å². The largest absolute Gasteiger partial charge is 0.497 e. The summed E-state index contributed by atoms with van der Waals surface area (Å²) in [7, 11) is 1.57. The van der Waals surface area contributed by atoms with E-state index < -0.39 is 6.10 Å². The number of nitrogens with zero attached hydrogens (tertiary/aromatic N) is 2. The number of rotatable bonds is 4. The lowest BCUT2D eigenvalue weighted by atomic mass is 10.1. The Bertz CT molecular complexity index is 508. The molecule has 1 aliphatic carbocycles. The van der Waals surface area contributed by atoms with Crippen molar-refractivity contribution in [3.8, 4) is 5.75 Å². The predicted octanol–water partition coefficient (Wildman–Crippen LogP) is 1.04. The number of ether oxygens (including phenoxy) is 1. The third kappa shape index (κ3) is 3.19. The molecule has 5 nitrogen and oxygen atoms in total. The summed E-state index contributed by atoms with van der Waals surface area (Å²) in [4.78, 5) is 16.6. The van der Waals surface area contributed by atoms with Crippen molar-refractivity contribution in [2.24, 2.45) is 0 Å². The smallest absolute Gasteiger partial charge is 0.256 e. The summed E-state index contributed by atoms with van der Waals surface area (Å²) in [6, 6.07) is 7.80.